The Hall–Kier alpha value is -4.46. The lowest BCUT2D eigenvalue weighted by Crippen LogP contribution is -2.51. The summed E-state index contributed by atoms with van der Waals surface area (Å²) in [4.78, 5) is 58.0. The monoisotopic (exact) mass is 538 g/mol. The van der Waals surface area contributed by atoms with Gasteiger partial charge in [0.15, 0.2) is 0 Å². The van der Waals surface area contributed by atoms with E-state index < -0.39 is 17.5 Å². The van der Waals surface area contributed by atoms with Gasteiger partial charge in [0.1, 0.15) is 12.1 Å². The van der Waals surface area contributed by atoms with E-state index in [1.807, 2.05) is 74.5 Å². The third kappa shape index (κ3) is 4.85. The highest BCUT2D eigenvalue weighted by Crippen LogP contribution is 2.43. The van der Waals surface area contributed by atoms with E-state index in [1.54, 1.807) is 29.0 Å². The molecule has 40 heavy (non-hydrogen) atoms. The summed E-state index contributed by atoms with van der Waals surface area (Å²) in [7, 11) is 1.72. The van der Waals surface area contributed by atoms with Crippen LogP contribution < -0.4 is 15.1 Å². The summed E-state index contributed by atoms with van der Waals surface area (Å²) < 4.78 is 0. The molecule has 1 saturated heterocycles. The third-order valence-electron chi connectivity index (χ3n) is 7.98. The maximum absolute atomic E-state index is 13.7. The molecular weight excluding hydrogens is 504 g/mol. The second kappa shape index (κ2) is 11.0. The van der Waals surface area contributed by atoms with Crippen molar-refractivity contribution < 1.29 is 19.2 Å². The van der Waals surface area contributed by atoms with E-state index in [0.29, 0.717) is 40.9 Å². The first-order valence-corrected chi connectivity index (χ1v) is 13.7. The fraction of sp³-hybridized carbons (Fsp3) is 0.312. The maximum Gasteiger partial charge on any atom is 0.332 e. The number of aryl methyl sites for hydroxylation is 2. The van der Waals surface area contributed by atoms with Gasteiger partial charge < -0.3 is 10.2 Å². The highest BCUT2D eigenvalue weighted by molar-refractivity contribution is 6.18. The fourth-order valence-corrected chi connectivity index (χ4v) is 5.95. The van der Waals surface area contributed by atoms with Crippen molar-refractivity contribution in [1.29, 1.82) is 0 Å². The van der Waals surface area contributed by atoms with Crippen LogP contribution in [-0.4, -0.2) is 47.8 Å². The van der Waals surface area contributed by atoms with Crippen molar-refractivity contribution in [3.8, 4) is 0 Å². The Kier molecular flexibility index (Phi) is 7.43. The molecule has 8 nitrogen and oxygen atoms in total. The van der Waals surface area contributed by atoms with Gasteiger partial charge in [0.2, 0.25) is 5.91 Å². The SMILES string of the molecule is Cc1cc(C(=O)N(C)c2ccccc2)cc(C)c1NC(=O)CN1C(=O)N(c2ccccc2)C2(CCCCC2)C1=O. The van der Waals surface area contributed by atoms with Crippen LogP contribution in [0.3, 0.4) is 0 Å². The second-order valence-electron chi connectivity index (χ2n) is 10.7. The summed E-state index contributed by atoms with van der Waals surface area (Å²) in [5, 5.41) is 2.89. The predicted octanol–water partition coefficient (Wildman–Crippen LogP) is 5.69. The molecule has 1 saturated carbocycles. The highest BCUT2D eigenvalue weighted by atomic mass is 16.2. The first kappa shape index (κ1) is 27.1. The Labute approximate surface area is 234 Å². The van der Waals surface area contributed by atoms with Crippen molar-refractivity contribution in [2.24, 2.45) is 0 Å². The Morgan fingerprint density at radius 1 is 0.875 bits per heavy atom. The van der Waals surface area contributed by atoms with Crippen molar-refractivity contribution in [1.82, 2.24) is 4.90 Å². The number of urea groups is 1. The van der Waals surface area contributed by atoms with Crippen molar-refractivity contribution >= 4 is 40.8 Å². The fourth-order valence-electron chi connectivity index (χ4n) is 5.95. The van der Waals surface area contributed by atoms with Gasteiger partial charge in [0.25, 0.3) is 11.8 Å². The van der Waals surface area contributed by atoms with Crippen LogP contribution in [-0.2, 0) is 9.59 Å². The van der Waals surface area contributed by atoms with Gasteiger partial charge in [0, 0.05) is 29.7 Å². The average molecular weight is 539 g/mol. The Bertz CT molecular complexity index is 1430. The smallest absolute Gasteiger partial charge is 0.324 e. The number of amides is 5. The Balaban J connectivity index is 1.34. The predicted molar refractivity (Wildman–Crippen MR) is 156 cm³/mol. The molecule has 0 radical (unpaired) electrons. The molecule has 0 unspecified atom stereocenters. The number of imide groups is 1. The molecule has 1 heterocycles. The van der Waals surface area contributed by atoms with E-state index in [1.165, 1.54) is 0 Å². The van der Waals surface area contributed by atoms with Gasteiger partial charge in [-0.2, -0.15) is 0 Å². The number of hydrogen-bond donors (Lipinski definition) is 1. The zero-order valence-corrected chi connectivity index (χ0v) is 23.1. The van der Waals surface area contributed by atoms with Crippen molar-refractivity contribution in [2.75, 3.05) is 28.7 Å². The van der Waals surface area contributed by atoms with Crippen molar-refractivity contribution in [3.63, 3.8) is 0 Å². The Morgan fingerprint density at radius 3 is 2.05 bits per heavy atom. The number of rotatable bonds is 6. The normalized spacial score (nSPS) is 16.4. The summed E-state index contributed by atoms with van der Waals surface area (Å²) in [6.45, 7) is 3.27. The molecule has 1 aliphatic carbocycles. The van der Waals surface area contributed by atoms with Gasteiger partial charge in [0.05, 0.1) is 0 Å². The molecule has 0 atom stereocenters. The van der Waals surface area contributed by atoms with E-state index in [-0.39, 0.29) is 18.4 Å². The van der Waals surface area contributed by atoms with Crippen molar-refractivity contribution in [2.45, 2.75) is 51.5 Å². The molecule has 1 N–H and O–H groups in total. The van der Waals surface area contributed by atoms with Gasteiger partial charge in [-0.3, -0.25) is 24.2 Å². The van der Waals surface area contributed by atoms with E-state index in [9.17, 15) is 19.2 Å². The molecule has 3 aromatic carbocycles. The zero-order valence-electron chi connectivity index (χ0n) is 23.1. The third-order valence-corrected chi connectivity index (χ3v) is 7.98. The number of carbonyl (C=O) groups excluding carboxylic acids is 4. The highest BCUT2D eigenvalue weighted by Gasteiger charge is 2.58. The van der Waals surface area contributed by atoms with Crippen LogP contribution in [0, 0.1) is 13.8 Å². The molecular formula is C32H34N4O4. The molecule has 2 fully saturated rings. The average Bonchev–Trinajstić information content (AvgIpc) is 3.16. The molecule has 2 aliphatic rings. The lowest BCUT2D eigenvalue weighted by molar-refractivity contribution is -0.134. The maximum atomic E-state index is 13.7. The minimum Gasteiger partial charge on any atom is -0.324 e. The van der Waals surface area contributed by atoms with E-state index in [4.69, 9.17) is 0 Å². The summed E-state index contributed by atoms with van der Waals surface area (Å²) in [6, 6.07) is 21.6. The minimum absolute atomic E-state index is 0.165. The molecule has 3 aromatic rings. The number of benzene rings is 3. The first-order valence-electron chi connectivity index (χ1n) is 13.7. The van der Waals surface area contributed by atoms with Crippen molar-refractivity contribution in [3.05, 3.63) is 89.5 Å². The number of hydrogen-bond acceptors (Lipinski definition) is 4. The number of anilines is 3. The number of nitrogens with zero attached hydrogens (tertiary/aromatic N) is 3. The zero-order chi connectivity index (χ0) is 28.4. The first-order chi connectivity index (χ1) is 19.2. The largest absolute Gasteiger partial charge is 0.332 e. The molecule has 0 aromatic heterocycles. The second-order valence-corrected chi connectivity index (χ2v) is 10.7. The van der Waals surface area contributed by atoms with Crippen LogP contribution in [0.2, 0.25) is 0 Å². The van der Waals surface area contributed by atoms with Crippen LogP contribution in [0.25, 0.3) is 0 Å². The quantitative estimate of drug-likeness (QED) is 0.408. The van der Waals surface area contributed by atoms with Crippen LogP contribution in [0.15, 0.2) is 72.8 Å². The van der Waals surface area contributed by atoms with Crippen LogP contribution >= 0.6 is 0 Å². The molecule has 5 rings (SSSR count). The number of para-hydroxylation sites is 2. The molecule has 5 amide bonds. The topological polar surface area (TPSA) is 90.0 Å². The standard InChI is InChI=1S/C32H34N4O4/c1-22-19-24(29(38)34(3)25-13-7-4-8-14-25)20-23(2)28(22)33-27(37)21-35-30(39)32(17-11-6-12-18-32)36(31(35)40)26-15-9-5-10-16-26/h4-5,7-10,13-16,19-20H,6,11-12,17-18,21H2,1-3H3,(H,33,37). The van der Waals surface area contributed by atoms with Gasteiger partial charge in [-0.15, -0.1) is 0 Å². The van der Waals surface area contributed by atoms with Gasteiger partial charge >= 0.3 is 6.03 Å². The summed E-state index contributed by atoms with van der Waals surface area (Å²) in [5.41, 5.74) is 2.99. The van der Waals surface area contributed by atoms with Gasteiger partial charge in [-0.05, 0) is 74.2 Å². The molecule has 1 spiro atoms. The van der Waals surface area contributed by atoms with E-state index in [2.05, 4.69) is 5.32 Å². The number of nitrogens with one attached hydrogen (secondary N) is 1. The molecule has 1 aliphatic heterocycles. The Morgan fingerprint density at radius 2 is 1.45 bits per heavy atom. The summed E-state index contributed by atoms with van der Waals surface area (Å²) in [6.07, 6.45) is 3.88. The van der Waals surface area contributed by atoms with E-state index >= 15 is 0 Å². The minimum atomic E-state index is -0.949. The van der Waals surface area contributed by atoms with E-state index in [0.717, 1.165) is 29.8 Å². The number of carbonyl (C=O) groups is 4. The summed E-state index contributed by atoms with van der Waals surface area (Å²) >= 11 is 0. The lowest BCUT2D eigenvalue weighted by atomic mass is 9.80. The summed E-state index contributed by atoms with van der Waals surface area (Å²) in [5.74, 6) is -0.939. The van der Waals surface area contributed by atoms with Crippen LogP contribution in [0.5, 0.6) is 0 Å². The van der Waals surface area contributed by atoms with Gasteiger partial charge in [-0.1, -0.05) is 55.7 Å². The molecule has 8 heteroatoms. The molecule has 0 bridgehead atoms. The van der Waals surface area contributed by atoms with Crippen LogP contribution in [0.4, 0.5) is 21.9 Å². The van der Waals surface area contributed by atoms with Gasteiger partial charge in [-0.25, -0.2) is 4.79 Å². The molecule has 206 valence electrons. The lowest BCUT2D eigenvalue weighted by Gasteiger charge is -2.38. The van der Waals surface area contributed by atoms with Crippen LogP contribution in [0.1, 0.15) is 53.6 Å².